The predicted molar refractivity (Wildman–Crippen MR) is 138 cm³/mol. The van der Waals surface area contributed by atoms with Crippen molar-refractivity contribution in [3.8, 4) is 0 Å². The summed E-state index contributed by atoms with van der Waals surface area (Å²) in [6, 6.07) is 9.24. The molecule has 2 atom stereocenters. The molecule has 36 heavy (non-hydrogen) atoms. The minimum absolute atomic E-state index is 0.172. The van der Waals surface area contributed by atoms with E-state index in [0.717, 1.165) is 62.8 Å². The van der Waals surface area contributed by atoms with Crippen LogP contribution < -0.4 is 15.5 Å². The van der Waals surface area contributed by atoms with E-state index in [9.17, 15) is 14.7 Å². The molecule has 2 saturated heterocycles. The highest BCUT2D eigenvalue weighted by atomic mass is 16.4. The SMILES string of the molecule is O=C(NC(CCN1CC(CCc2ccc3c(n2)NCCC3)C1)C(=O)O)C1CCN(c2ccccn2)C1. The van der Waals surface area contributed by atoms with E-state index in [2.05, 4.69) is 37.6 Å². The number of aliphatic carboxylic acids is 1. The number of nitrogens with one attached hydrogen (secondary N) is 2. The minimum Gasteiger partial charge on any atom is -0.480 e. The first kappa shape index (κ1) is 24.5. The summed E-state index contributed by atoms with van der Waals surface area (Å²) in [5, 5.41) is 15.9. The van der Waals surface area contributed by atoms with Crippen molar-refractivity contribution in [2.75, 3.05) is 49.5 Å². The van der Waals surface area contributed by atoms with Crippen LogP contribution in [0.1, 0.15) is 36.9 Å². The molecular formula is C27H36N6O3. The van der Waals surface area contributed by atoms with Crippen molar-refractivity contribution in [1.82, 2.24) is 20.2 Å². The molecule has 2 fully saturated rings. The average Bonchev–Trinajstić information content (AvgIpc) is 3.37. The van der Waals surface area contributed by atoms with Crippen molar-refractivity contribution >= 4 is 23.5 Å². The predicted octanol–water partition coefficient (Wildman–Crippen LogP) is 2.19. The van der Waals surface area contributed by atoms with Crippen molar-refractivity contribution in [3.05, 3.63) is 47.8 Å². The lowest BCUT2D eigenvalue weighted by Crippen LogP contribution is -2.50. The quantitative estimate of drug-likeness (QED) is 0.463. The van der Waals surface area contributed by atoms with E-state index in [-0.39, 0.29) is 11.8 Å². The van der Waals surface area contributed by atoms with Gasteiger partial charge in [0.2, 0.25) is 5.91 Å². The molecule has 0 spiro atoms. The standard InChI is InChI=1S/C27H36N6O3/c34-26(21-10-15-33(18-21)24-5-1-2-12-28-24)31-23(27(35)36)11-14-32-16-19(17-32)6-8-22-9-7-20-4-3-13-29-25(20)30-22/h1-2,5,7,9,12,19,21,23H,3-4,6,8,10-11,13-18H2,(H,29,30)(H,31,34)(H,35,36). The van der Waals surface area contributed by atoms with E-state index >= 15 is 0 Å². The summed E-state index contributed by atoms with van der Waals surface area (Å²) in [4.78, 5) is 38.1. The first-order valence-electron chi connectivity index (χ1n) is 13.2. The fourth-order valence-corrected chi connectivity index (χ4v) is 5.48. The molecule has 2 aromatic rings. The van der Waals surface area contributed by atoms with Crippen LogP contribution in [0.3, 0.4) is 0 Å². The number of hydrogen-bond acceptors (Lipinski definition) is 7. The minimum atomic E-state index is -0.966. The first-order chi connectivity index (χ1) is 17.5. The molecule has 0 saturated carbocycles. The van der Waals surface area contributed by atoms with E-state index in [1.54, 1.807) is 6.20 Å². The second-order valence-corrected chi connectivity index (χ2v) is 10.3. The second-order valence-electron chi connectivity index (χ2n) is 10.3. The van der Waals surface area contributed by atoms with Gasteiger partial charge in [-0.25, -0.2) is 14.8 Å². The molecule has 1 amide bonds. The Morgan fingerprint density at radius 3 is 2.89 bits per heavy atom. The summed E-state index contributed by atoms with van der Waals surface area (Å²) in [6.45, 7) is 4.95. The number of aryl methyl sites for hydroxylation is 2. The van der Waals surface area contributed by atoms with Gasteiger partial charge in [0.25, 0.3) is 0 Å². The largest absolute Gasteiger partial charge is 0.480 e. The van der Waals surface area contributed by atoms with E-state index in [1.807, 2.05) is 18.2 Å². The van der Waals surface area contributed by atoms with Gasteiger partial charge in [0.15, 0.2) is 0 Å². The van der Waals surface area contributed by atoms with Crippen molar-refractivity contribution in [3.63, 3.8) is 0 Å². The zero-order chi connectivity index (χ0) is 24.9. The van der Waals surface area contributed by atoms with Crippen LogP contribution in [0, 0.1) is 11.8 Å². The van der Waals surface area contributed by atoms with Gasteiger partial charge in [-0.1, -0.05) is 12.1 Å². The van der Waals surface area contributed by atoms with Crippen molar-refractivity contribution in [2.45, 2.75) is 44.6 Å². The number of carboxylic acid groups (broad SMARTS) is 1. The van der Waals surface area contributed by atoms with Gasteiger partial charge in [0.1, 0.15) is 17.7 Å². The molecular weight excluding hydrogens is 456 g/mol. The van der Waals surface area contributed by atoms with Crippen LogP contribution in [0.5, 0.6) is 0 Å². The van der Waals surface area contributed by atoms with Gasteiger partial charge in [-0.2, -0.15) is 0 Å². The molecule has 2 aromatic heterocycles. The number of hydrogen-bond donors (Lipinski definition) is 3. The molecule has 9 heteroatoms. The number of amides is 1. The van der Waals surface area contributed by atoms with Crippen LogP contribution in [0.15, 0.2) is 36.5 Å². The van der Waals surface area contributed by atoms with Crippen LogP contribution in [0.4, 0.5) is 11.6 Å². The van der Waals surface area contributed by atoms with Gasteiger partial charge < -0.3 is 25.5 Å². The Labute approximate surface area is 212 Å². The molecule has 9 nitrogen and oxygen atoms in total. The lowest BCUT2D eigenvalue weighted by Gasteiger charge is -2.40. The summed E-state index contributed by atoms with van der Waals surface area (Å²) >= 11 is 0. The first-order valence-corrected chi connectivity index (χ1v) is 13.2. The number of likely N-dealkylation sites (tertiary alicyclic amines) is 1. The van der Waals surface area contributed by atoms with E-state index in [0.29, 0.717) is 31.8 Å². The molecule has 5 heterocycles. The Bertz CT molecular complexity index is 1060. The number of nitrogens with zero attached hydrogens (tertiary/aromatic N) is 4. The van der Waals surface area contributed by atoms with Gasteiger partial charge in [-0.05, 0) is 68.2 Å². The number of rotatable bonds is 10. The average molecular weight is 493 g/mol. The Balaban J connectivity index is 1.02. The Hall–Kier alpha value is -3.20. The summed E-state index contributed by atoms with van der Waals surface area (Å²) in [5.41, 5.74) is 2.46. The summed E-state index contributed by atoms with van der Waals surface area (Å²) in [7, 11) is 0. The molecule has 0 aliphatic carbocycles. The van der Waals surface area contributed by atoms with E-state index < -0.39 is 12.0 Å². The Kier molecular flexibility index (Phi) is 7.65. The fourth-order valence-electron chi connectivity index (χ4n) is 5.48. The maximum Gasteiger partial charge on any atom is 0.326 e. The zero-order valence-corrected chi connectivity index (χ0v) is 20.7. The molecule has 3 N–H and O–H groups in total. The summed E-state index contributed by atoms with van der Waals surface area (Å²) < 4.78 is 0. The maximum atomic E-state index is 12.8. The summed E-state index contributed by atoms with van der Waals surface area (Å²) in [6.07, 6.45) is 7.21. The van der Waals surface area contributed by atoms with Crippen molar-refractivity contribution in [1.29, 1.82) is 0 Å². The second kappa shape index (κ2) is 11.2. The fraction of sp³-hybridized carbons (Fsp3) is 0.556. The maximum absolute atomic E-state index is 12.8. The Morgan fingerprint density at radius 1 is 1.19 bits per heavy atom. The molecule has 192 valence electrons. The number of carboxylic acids is 1. The van der Waals surface area contributed by atoms with Gasteiger partial charge in [-0.15, -0.1) is 0 Å². The van der Waals surface area contributed by atoms with Crippen LogP contribution >= 0.6 is 0 Å². The smallest absolute Gasteiger partial charge is 0.326 e. The third-order valence-electron chi connectivity index (χ3n) is 7.67. The summed E-state index contributed by atoms with van der Waals surface area (Å²) in [5.74, 6) is 1.17. The number of fused-ring (bicyclic) bond motifs is 1. The van der Waals surface area contributed by atoms with Gasteiger partial charge in [0, 0.05) is 51.2 Å². The number of pyridine rings is 2. The third kappa shape index (κ3) is 5.95. The molecule has 0 bridgehead atoms. The lowest BCUT2D eigenvalue weighted by molar-refractivity contribution is -0.142. The molecule has 2 unspecified atom stereocenters. The van der Waals surface area contributed by atoms with E-state index in [4.69, 9.17) is 4.98 Å². The highest BCUT2D eigenvalue weighted by Gasteiger charge is 2.33. The number of anilines is 2. The van der Waals surface area contributed by atoms with Crippen LogP contribution in [-0.4, -0.2) is 77.2 Å². The molecule has 3 aliphatic heterocycles. The molecule has 0 radical (unpaired) electrons. The van der Waals surface area contributed by atoms with Gasteiger partial charge >= 0.3 is 5.97 Å². The topological polar surface area (TPSA) is 111 Å². The molecule has 3 aliphatic rings. The van der Waals surface area contributed by atoms with Gasteiger partial charge in [-0.3, -0.25) is 4.79 Å². The van der Waals surface area contributed by atoms with Gasteiger partial charge in [0.05, 0.1) is 5.92 Å². The van der Waals surface area contributed by atoms with Crippen LogP contribution in [0.2, 0.25) is 0 Å². The molecule has 0 aromatic carbocycles. The highest BCUT2D eigenvalue weighted by molar-refractivity contribution is 5.85. The van der Waals surface area contributed by atoms with E-state index in [1.165, 1.54) is 12.0 Å². The Morgan fingerprint density at radius 2 is 2.08 bits per heavy atom. The third-order valence-corrected chi connectivity index (χ3v) is 7.67. The van der Waals surface area contributed by atoms with Crippen molar-refractivity contribution < 1.29 is 14.7 Å². The van der Waals surface area contributed by atoms with Crippen LogP contribution in [0.25, 0.3) is 0 Å². The van der Waals surface area contributed by atoms with Crippen LogP contribution in [-0.2, 0) is 22.4 Å². The molecule has 5 rings (SSSR count). The highest BCUT2D eigenvalue weighted by Crippen LogP contribution is 2.25. The number of aromatic nitrogens is 2. The number of carbonyl (C=O) groups is 2. The normalized spacial score (nSPS) is 20.8. The monoisotopic (exact) mass is 492 g/mol. The number of carbonyl (C=O) groups excluding carboxylic acids is 1. The van der Waals surface area contributed by atoms with Crippen molar-refractivity contribution in [2.24, 2.45) is 11.8 Å². The zero-order valence-electron chi connectivity index (χ0n) is 20.7. The lowest BCUT2D eigenvalue weighted by atomic mass is 9.93.